The van der Waals surface area contributed by atoms with Crippen molar-refractivity contribution in [3.8, 4) is 0 Å². The van der Waals surface area contributed by atoms with Gasteiger partial charge < -0.3 is 15.1 Å². The Morgan fingerprint density at radius 3 is 2.88 bits per heavy atom. The van der Waals surface area contributed by atoms with Gasteiger partial charge in [0.15, 0.2) is 0 Å². The van der Waals surface area contributed by atoms with Crippen LogP contribution in [-0.4, -0.2) is 65.9 Å². The third-order valence-electron chi connectivity index (χ3n) is 2.92. The standard InChI is InChI=1S/C9H14F3N3OS/c10-9(11,12)17-4-3-14-6-7-5-13-1-2-15(7)8(14)16/h7,13H,1-6H2. The number of rotatable bonds is 3. The van der Waals surface area contributed by atoms with E-state index in [1.807, 2.05) is 0 Å². The van der Waals surface area contributed by atoms with E-state index in [9.17, 15) is 18.0 Å². The van der Waals surface area contributed by atoms with Crippen molar-refractivity contribution in [3.63, 3.8) is 0 Å². The molecule has 2 amide bonds. The second kappa shape index (κ2) is 4.93. The number of fused-ring (bicyclic) bond motifs is 1. The lowest BCUT2D eigenvalue weighted by Crippen LogP contribution is -2.49. The normalized spacial score (nSPS) is 25.4. The van der Waals surface area contributed by atoms with Crippen molar-refractivity contribution in [1.29, 1.82) is 0 Å². The van der Waals surface area contributed by atoms with Crippen LogP contribution >= 0.6 is 11.8 Å². The smallest absolute Gasteiger partial charge is 0.322 e. The summed E-state index contributed by atoms with van der Waals surface area (Å²) in [6, 6.07) is -0.00795. The average molecular weight is 269 g/mol. The van der Waals surface area contributed by atoms with E-state index < -0.39 is 5.51 Å². The Hall–Kier alpha value is -0.630. The van der Waals surface area contributed by atoms with Crippen molar-refractivity contribution in [2.75, 3.05) is 38.5 Å². The van der Waals surface area contributed by atoms with E-state index in [4.69, 9.17) is 0 Å². The first-order valence-corrected chi connectivity index (χ1v) is 6.43. The molecule has 2 saturated heterocycles. The molecular weight excluding hydrogens is 255 g/mol. The molecule has 8 heteroatoms. The fourth-order valence-electron chi connectivity index (χ4n) is 2.15. The van der Waals surface area contributed by atoms with Crippen LogP contribution in [0.2, 0.25) is 0 Å². The Kier molecular flexibility index (Phi) is 3.72. The van der Waals surface area contributed by atoms with Crippen LogP contribution in [0.1, 0.15) is 0 Å². The van der Waals surface area contributed by atoms with Crippen molar-refractivity contribution >= 4 is 17.8 Å². The lowest BCUT2D eigenvalue weighted by molar-refractivity contribution is -0.0328. The van der Waals surface area contributed by atoms with E-state index in [0.29, 0.717) is 13.1 Å². The van der Waals surface area contributed by atoms with Gasteiger partial charge in [-0.2, -0.15) is 13.2 Å². The number of carbonyl (C=O) groups is 1. The molecule has 17 heavy (non-hydrogen) atoms. The van der Waals surface area contributed by atoms with Crippen LogP contribution in [0.4, 0.5) is 18.0 Å². The molecular formula is C9H14F3N3OS. The number of halogens is 3. The SMILES string of the molecule is O=C1N(CCSC(F)(F)F)CC2CNCCN12. The Balaban J connectivity index is 1.80. The molecule has 1 N–H and O–H groups in total. The summed E-state index contributed by atoms with van der Waals surface area (Å²) in [7, 11) is 0. The van der Waals surface area contributed by atoms with E-state index >= 15 is 0 Å². The summed E-state index contributed by atoms with van der Waals surface area (Å²) < 4.78 is 35.9. The molecule has 0 aromatic heterocycles. The first kappa shape index (κ1) is 12.8. The quantitative estimate of drug-likeness (QED) is 0.828. The zero-order valence-corrected chi connectivity index (χ0v) is 9.98. The summed E-state index contributed by atoms with van der Waals surface area (Å²) in [4.78, 5) is 15.1. The number of hydrogen-bond donors (Lipinski definition) is 1. The molecule has 1 atom stereocenters. The highest BCUT2D eigenvalue weighted by molar-refractivity contribution is 8.00. The number of nitrogens with zero attached hydrogens (tertiary/aromatic N) is 2. The van der Waals surface area contributed by atoms with Crippen molar-refractivity contribution in [2.24, 2.45) is 0 Å². The molecule has 2 heterocycles. The van der Waals surface area contributed by atoms with Gasteiger partial charge in [0.2, 0.25) is 0 Å². The number of carbonyl (C=O) groups excluding carboxylic acids is 1. The van der Waals surface area contributed by atoms with Crippen LogP contribution in [0.5, 0.6) is 0 Å². The van der Waals surface area contributed by atoms with Gasteiger partial charge in [-0.15, -0.1) is 0 Å². The van der Waals surface area contributed by atoms with E-state index in [-0.39, 0.29) is 36.1 Å². The van der Waals surface area contributed by atoms with Gasteiger partial charge in [0, 0.05) is 38.5 Å². The Labute approximate surface area is 101 Å². The van der Waals surface area contributed by atoms with Gasteiger partial charge in [0.25, 0.3) is 0 Å². The summed E-state index contributed by atoms with van der Waals surface area (Å²) >= 11 is -0.0723. The van der Waals surface area contributed by atoms with Crippen molar-refractivity contribution < 1.29 is 18.0 Å². The number of hydrogen-bond acceptors (Lipinski definition) is 3. The van der Waals surface area contributed by atoms with Gasteiger partial charge in [0.05, 0.1) is 6.04 Å². The van der Waals surface area contributed by atoms with E-state index in [2.05, 4.69) is 5.32 Å². The monoisotopic (exact) mass is 269 g/mol. The molecule has 1 unspecified atom stereocenters. The zero-order valence-electron chi connectivity index (χ0n) is 9.16. The van der Waals surface area contributed by atoms with Gasteiger partial charge in [-0.25, -0.2) is 4.79 Å². The average Bonchev–Trinajstić information content (AvgIpc) is 2.55. The second-order valence-electron chi connectivity index (χ2n) is 4.07. The number of thioether (sulfide) groups is 1. The number of alkyl halides is 3. The van der Waals surface area contributed by atoms with Crippen LogP contribution in [0.3, 0.4) is 0 Å². The number of amides is 2. The molecule has 0 radical (unpaired) electrons. The molecule has 2 fully saturated rings. The fraction of sp³-hybridized carbons (Fsp3) is 0.889. The Morgan fingerprint density at radius 2 is 2.24 bits per heavy atom. The van der Waals surface area contributed by atoms with Crippen LogP contribution in [-0.2, 0) is 0 Å². The Morgan fingerprint density at radius 1 is 1.47 bits per heavy atom. The minimum atomic E-state index is -4.21. The zero-order chi connectivity index (χ0) is 12.5. The lowest BCUT2D eigenvalue weighted by atomic mass is 10.2. The summed E-state index contributed by atoms with van der Waals surface area (Å²) in [5, 5.41) is 3.17. The molecule has 0 aromatic carbocycles. The highest BCUT2D eigenvalue weighted by Gasteiger charge is 2.38. The van der Waals surface area contributed by atoms with Crippen LogP contribution in [0, 0.1) is 0 Å². The third-order valence-corrected chi connectivity index (χ3v) is 3.64. The van der Waals surface area contributed by atoms with Gasteiger partial charge in [-0.05, 0) is 11.8 Å². The summed E-state index contributed by atoms with van der Waals surface area (Å²) in [6.07, 6.45) is 0. The molecule has 2 aliphatic rings. The summed E-state index contributed by atoms with van der Waals surface area (Å²) in [5.41, 5.74) is -4.21. The highest BCUT2D eigenvalue weighted by atomic mass is 32.2. The summed E-state index contributed by atoms with van der Waals surface area (Å²) in [6.45, 7) is 2.83. The Bertz CT molecular complexity index is 300. The molecule has 0 saturated carbocycles. The first-order chi connectivity index (χ1) is 7.97. The number of nitrogens with one attached hydrogen (secondary N) is 1. The number of piperazine rings is 1. The van der Waals surface area contributed by atoms with Crippen molar-refractivity contribution in [2.45, 2.75) is 11.6 Å². The van der Waals surface area contributed by atoms with Gasteiger partial charge >= 0.3 is 11.5 Å². The predicted molar refractivity (Wildman–Crippen MR) is 58.8 cm³/mol. The molecule has 2 rings (SSSR count). The molecule has 4 nitrogen and oxygen atoms in total. The van der Waals surface area contributed by atoms with Gasteiger partial charge in [0.1, 0.15) is 0 Å². The van der Waals surface area contributed by atoms with E-state index in [0.717, 1.165) is 13.1 Å². The maximum absolute atomic E-state index is 12.0. The number of urea groups is 1. The van der Waals surface area contributed by atoms with Crippen LogP contribution < -0.4 is 5.32 Å². The molecule has 0 bridgehead atoms. The fourth-order valence-corrected chi connectivity index (χ4v) is 2.69. The lowest BCUT2D eigenvalue weighted by Gasteiger charge is -2.28. The third kappa shape index (κ3) is 3.19. The van der Waals surface area contributed by atoms with Crippen LogP contribution in [0.25, 0.3) is 0 Å². The van der Waals surface area contributed by atoms with Crippen molar-refractivity contribution in [1.82, 2.24) is 15.1 Å². The molecule has 0 aromatic rings. The maximum Gasteiger partial charge on any atom is 0.441 e. The van der Waals surface area contributed by atoms with Crippen molar-refractivity contribution in [3.05, 3.63) is 0 Å². The van der Waals surface area contributed by atoms with Crippen LogP contribution in [0.15, 0.2) is 0 Å². The van der Waals surface area contributed by atoms with Gasteiger partial charge in [-0.3, -0.25) is 0 Å². The minimum absolute atomic E-state index is 0.0723. The largest absolute Gasteiger partial charge is 0.441 e. The van der Waals surface area contributed by atoms with E-state index in [1.54, 1.807) is 4.90 Å². The first-order valence-electron chi connectivity index (χ1n) is 5.44. The molecule has 0 spiro atoms. The molecule has 0 aliphatic carbocycles. The van der Waals surface area contributed by atoms with E-state index in [1.165, 1.54) is 4.90 Å². The minimum Gasteiger partial charge on any atom is -0.322 e. The topological polar surface area (TPSA) is 35.6 Å². The summed E-state index contributed by atoms with van der Waals surface area (Å²) in [5.74, 6) is -0.0940. The maximum atomic E-state index is 12.0. The predicted octanol–water partition coefficient (Wildman–Crippen LogP) is 0.949. The molecule has 2 aliphatic heterocycles. The second-order valence-corrected chi connectivity index (χ2v) is 5.23. The highest BCUT2D eigenvalue weighted by Crippen LogP contribution is 2.30. The van der Waals surface area contributed by atoms with Gasteiger partial charge in [-0.1, -0.05) is 0 Å². The molecule has 98 valence electrons.